The molecule has 1 N–H and O–H groups in total. The van der Waals surface area contributed by atoms with Crippen molar-refractivity contribution in [3.05, 3.63) is 23.2 Å². The first kappa shape index (κ1) is 18.1. The molecule has 0 unspecified atom stereocenters. The average Bonchev–Trinajstić information content (AvgIpc) is 3.27. The molecule has 0 spiro atoms. The fourth-order valence-electron chi connectivity index (χ4n) is 2.78. The Labute approximate surface area is 155 Å². The van der Waals surface area contributed by atoms with E-state index in [2.05, 4.69) is 15.5 Å². The van der Waals surface area contributed by atoms with Gasteiger partial charge in [0.2, 0.25) is 16.9 Å². The molecule has 1 aromatic heterocycles. The fraction of sp³-hybridized carbons (Fsp3) is 0.412. The van der Waals surface area contributed by atoms with Crippen LogP contribution in [0.4, 0.5) is 10.8 Å². The molecule has 0 bridgehead atoms. The number of anilines is 2. The first-order valence-electron chi connectivity index (χ1n) is 8.21. The van der Waals surface area contributed by atoms with Gasteiger partial charge in [-0.15, -0.1) is 10.2 Å². The van der Waals surface area contributed by atoms with E-state index in [9.17, 15) is 9.59 Å². The van der Waals surface area contributed by atoms with E-state index in [-0.39, 0.29) is 24.8 Å². The third-order valence-electron chi connectivity index (χ3n) is 4.17. The Balaban J connectivity index is 1.75. The minimum Gasteiger partial charge on any atom is -0.497 e. The summed E-state index contributed by atoms with van der Waals surface area (Å²) in [5, 5.41) is 12.0. The number of hydrogen-bond acceptors (Lipinski definition) is 7. The first-order valence-corrected chi connectivity index (χ1v) is 9.03. The molecule has 9 heteroatoms. The third kappa shape index (κ3) is 3.62. The summed E-state index contributed by atoms with van der Waals surface area (Å²) in [6.07, 6.45) is 0.893. The van der Waals surface area contributed by atoms with Crippen LogP contribution in [-0.4, -0.2) is 42.8 Å². The molecule has 0 aliphatic carbocycles. The Morgan fingerprint density at radius 1 is 1.35 bits per heavy atom. The van der Waals surface area contributed by atoms with Gasteiger partial charge >= 0.3 is 0 Å². The van der Waals surface area contributed by atoms with E-state index < -0.39 is 5.92 Å². The van der Waals surface area contributed by atoms with Crippen LogP contribution < -0.4 is 19.7 Å². The number of ether oxygens (including phenoxy) is 2. The lowest BCUT2D eigenvalue weighted by atomic mass is 10.1. The first-order chi connectivity index (χ1) is 12.5. The normalized spacial score (nSPS) is 16.7. The number of aromatic nitrogens is 2. The molecule has 1 aromatic carbocycles. The lowest BCUT2D eigenvalue weighted by molar-refractivity contribution is -0.122. The number of nitrogens with zero attached hydrogens (tertiary/aromatic N) is 3. The van der Waals surface area contributed by atoms with Crippen molar-refractivity contribution in [1.29, 1.82) is 0 Å². The van der Waals surface area contributed by atoms with Crippen LogP contribution in [0.5, 0.6) is 11.5 Å². The Kier molecular flexibility index (Phi) is 5.36. The molecule has 1 aliphatic heterocycles. The molecule has 1 saturated heterocycles. The average molecular weight is 376 g/mol. The summed E-state index contributed by atoms with van der Waals surface area (Å²) in [6.45, 7) is 2.24. The van der Waals surface area contributed by atoms with E-state index in [1.165, 1.54) is 18.4 Å². The third-order valence-corrected chi connectivity index (χ3v) is 5.16. The van der Waals surface area contributed by atoms with Gasteiger partial charge in [-0.1, -0.05) is 18.3 Å². The molecule has 1 atom stereocenters. The Bertz CT molecular complexity index is 823. The summed E-state index contributed by atoms with van der Waals surface area (Å²) in [4.78, 5) is 26.5. The second kappa shape index (κ2) is 7.69. The van der Waals surface area contributed by atoms with Crippen LogP contribution in [0.3, 0.4) is 0 Å². The summed E-state index contributed by atoms with van der Waals surface area (Å²) in [5.41, 5.74) is 0.594. The van der Waals surface area contributed by atoms with Gasteiger partial charge in [-0.25, -0.2) is 0 Å². The molecule has 8 nitrogen and oxygen atoms in total. The molecule has 0 saturated carbocycles. The minimum absolute atomic E-state index is 0.131. The van der Waals surface area contributed by atoms with E-state index in [0.29, 0.717) is 22.3 Å². The minimum atomic E-state index is -0.465. The highest BCUT2D eigenvalue weighted by molar-refractivity contribution is 7.15. The van der Waals surface area contributed by atoms with Gasteiger partial charge in [-0.05, 0) is 18.6 Å². The number of hydrogen-bond donors (Lipinski definition) is 1. The molecule has 2 heterocycles. The second-order valence-corrected chi connectivity index (χ2v) is 6.85. The van der Waals surface area contributed by atoms with Gasteiger partial charge in [0.15, 0.2) is 0 Å². The summed E-state index contributed by atoms with van der Waals surface area (Å²) < 4.78 is 10.6. The highest BCUT2D eigenvalue weighted by Crippen LogP contribution is 2.36. The standard InChI is InChI=1S/C17H20N4O4S/c1-4-14-19-20-17(26-14)18-16(23)10-7-15(22)21(9-10)12-8-11(24-2)5-6-13(12)25-3/h5-6,8,10H,4,7,9H2,1-3H3,(H,18,20,23)/t10-/m1/s1. The van der Waals surface area contributed by atoms with Crippen LogP contribution in [0.15, 0.2) is 18.2 Å². The van der Waals surface area contributed by atoms with Gasteiger partial charge in [0, 0.05) is 19.0 Å². The SMILES string of the molecule is CCc1nnc(NC(=O)[C@@H]2CC(=O)N(c3cc(OC)ccc3OC)C2)s1. The predicted octanol–water partition coefficient (Wildman–Crippen LogP) is 2.11. The van der Waals surface area contributed by atoms with E-state index in [1.807, 2.05) is 6.92 Å². The van der Waals surface area contributed by atoms with Crippen molar-refractivity contribution in [2.45, 2.75) is 19.8 Å². The molecule has 3 rings (SSSR count). The number of amides is 2. The largest absolute Gasteiger partial charge is 0.497 e. The van der Waals surface area contributed by atoms with Crippen LogP contribution >= 0.6 is 11.3 Å². The molecule has 26 heavy (non-hydrogen) atoms. The Morgan fingerprint density at radius 2 is 2.15 bits per heavy atom. The van der Waals surface area contributed by atoms with Crippen LogP contribution in [0.1, 0.15) is 18.4 Å². The van der Waals surface area contributed by atoms with E-state index in [0.717, 1.165) is 11.4 Å². The van der Waals surface area contributed by atoms with Crippen molar-refractivity contribution in [3.8, 4) is 11.5 Å². The van der Waals surface area contributed by atoms with Crippen molar-refractivity contribution in [3.63, 3.8) is 0 Å². The van der Waals surface area contributed by atoms with Gasteiger partial charge < -0.3 is 19.7 Å². The van der Waals surface area contributed by atoms with Crippen molar-refractivity contribution < 1.29 is 19.1 Å². The number of benzene rings is 1. The smallest absolute Gasteiger partial charge is 0.231 e. The van der Waals surface area contributed by atoms with Gasteiger partial charge in [-0.3, -0.25) is 9.59 Å². The zero-order valence-corrected chi connectivity index (χ0v) is 15.6. The fourth-order valence-corrected chi connectivity index (χ4v) is 3.46. The number of carbonyl (C=O) groups excluding carboxylic acids is 2. The molecule has 2 aromatic rings. The lowest BCUT2D eigenvalue weighted by Gasteiger charge is -2.20. The molecule has 2 amide bonds. The highest BCUT2D eigenvalue weighted by Gasteiger charge is 2.36. The van der Waals surface area contributed by atoms with Crippen LogP contribution in [-0.2, 0) is 16.0 Å². The van der Waals surface area contributed by atoms with Gasteiger partial charge in [0.05, 0.1) is 25.8 Å². The van der Waals surface area contributed by atoms with Gasteiger partial charge in [-0.2, -0.15) is 0 Å². The second-order valence-electron chi connectivity index (χ2n) is 5.79. The maximum absolute atomic E-state index is 12.5. The van der Waals surface area contributed by atoms with E-state index in [1.54, 1.807) is 30.2 Å². The van der Waals surface area contributed by atoms with E-state index >= 15 is 0 Å². The molecule has 1 aliphatic rings. The zero-order chi connectivity index (χ0) is 18.7. The van der Waals surface area contributed by atoms with Crippen molar-refractivity contribution in [1.82, 2.24) is 10.2 Å². The summed E-state index contributed by atoms with van der Waals surface area (Å²) in [7, 11) is 3.09. The predicted molar refractivity (Wildman–Crippen MR) is 97.9 cm³/mol. The summed E-state index contributed by atoms with van der Waals surface area (Å²) in [5.74, 6) is 0.330. The number of carbonyl (C=O) groups is 2. The number of methoxy groups -OCH3 is 2. The lowest BCUT2D eigenvalue weighted by Crippen LogP contribution is -2.28. The quantitative estimate of drug-likeness (QED) is 0.830. The number of aryl methyl sites for hydroxylation is 1. The van der Waals surface area contributed by atoms with Gasteiger partial charge in [0.25, 0.3) is 0 Å². The van der Waals surface area contributed by atoms with Crippen molar-refractivity contribution in [2.75, 3.05) is 31.0 Å². The molecule has 0 radical (unpaired) electrons. The zero-order valence-electron chi connectivity index (χ0n) is 14.8. The topological polar surface area (TPSA) is 93.7 Å². The number of nitrogens with one attached hydrogen (secondary N) is 1. The molecule has 138 valence electrons. The van der Waals surface area contributed by atoms with E-state index in [4.69, 9.17) is 9.47 Å². The van der Waals surface area contributed by atoms with Crippen LogP contribution in [0.2, 0.25) is 0 Å². The van der Waals surface area contributed by atoms with Crippen molar-refractivity contribution in [2.24, 2.45) is 5.92 Å². The van der Waals surface area contributed by atoms with Crippen LogP contribution in [0.25, 0.3) is 0 Å². The monoisotopic (exact) mass is 376 g/mol. The summed E-state index contributed by atoms with van der Waals surface area (Å²) >= 11 is 1.34. The summed E-state index contributed by atoms with van der Waals surface area (Å²) in [6, 6.07) is 5.23. The van der Waals surface area contributed by atoms with Crippen molar-refractivity contribution >= 4 is 34.0 Å². The molecule has 1 fully saturated rings. The van der Waals surface area contributed by atoms with Gasteiger partial charge in [0.1, 0.15) is 16.5 Å². The molecular formula is C17H20N4O4S. The molecular weight excluding hydrogens is 356 g/mol. The van der Waals surface area contributed by atoms with Crippen LogP contribution in [0, 0.1) is 5.92 Å². The Hall–Kier alpha value is -2.68. The number of rotatable bonds is 6. The maximum Gasteiger partial charge on any atom is 0.231 e. The highest BCUT2D eigenvalue weighted by atomic mass is 32.1. The Morgan fingerprint density at radius 3 is 2.81 bits per heavy atom. The maximum atomic E-state index is 12.5.